The van der Waals surface area contributed by atoms with Gasteiger partial charge < -0.3 is 9.15 Å². The van der Waals surface area contributed by atoms with Crippen LogP contribution in [0.2, 0.25) is 5.02 Å². The summed E-state index contributed by atoms with van der Waals surface area (Å²) >= 11 is 7.62. The van der Waals surface area contributed by atoms with E-state index < -0.39 is 11.6 Å². The van der Waals surface area contributed by atoms with Gasteiger partial charge in [-0.25, -0.2) is 9.59 Å². The molecular formula is C20H17ClO4S. The lowest BCUT2D eigenvalue weighted by atomic mass is 10.0. The Balaban J connectivity index is 1.92. The molecule has 0 N–H and O–H groups in total. The quantitative estimate of drug-likeness (QED) is 0.352. The van der Waals surface area contributed by atoms with Gasteiger partial charge in [0.1, 0.15) is 12.2 Å². The average Bonchev–Trinajstić information content (AvgIpc) is 2.63. The van der Waals surface area contributed by atoms with E-state index in [1.54, 1.807) is 12.1 Å². The van der Waals surface area contributed by atoms with Crippen molar-refractivity contribution in [2.75, 3.05) is 6.26 Å². The van der Waals surface area contributed by atoms with Crippen LogP contribution in [-0.2, 0) is 11.3 Å². The van der Waals surface area contributed by atoms with Crippen LogP contribution < -0.4 is 5.63 Å². The molecule has 0 spiro atoms. The first-order valence-electron chi connectivity index (χ1n) is 7.94. The molecule has 0 saturated heterocycles. The standard InChI is InChI=1S/C20H17ClO4S/c1-11-4-6-15-13(8-18(22)25-19(15)12(11)2)10-24-20(23)16-9-14(26-3)5-7-17(16)21/h4-9H,10H2,1-3H3. The third kappa shape index (κ3) is 3.64. The van der Waals surface area contributed by atoms with Gasteiger partial charge in [0.05, 0.1) is 10.6 Å². The number of thioether (sulfide) groups is 1. The van der Waals surface area contributed by atoms with Crippen LogP contribution in [0.15, 0.2) is 50.5 Å². The molecule has 0 aliphatic rings. The van der Waals surface area contributed by atoms with E-state index in [0.29, 0.717) is 21.7 Å². The highest BCUT2D eigenvalue weighted by Gasteiger charge is 2.15. The van der Waals surface area contributed by atoms with Gasteiger partial charge in [0.25, 0.3) is 0 Å². The van der Waals surface area contributed by atoms with Crippen molar-refractivity contribution in [1.29, 1.82) is 0 Å². The molecule has 26 heavy (non-hydrogen) atoms. The van der Waals surface area contributed by atoms with Gasteiger partial charge in [0.2, 0.25) is 0 Å². The molecule has 3 aromatic rings. The number of carbonyl (C=O) groups excluding carboxylic acids is 1. The Kier molecular flexibility index (Phi) is 5.39. The Labute approximate surface area is 160 Å². The van der Waals surface area contributed by atoms with Gasteiger partial charge in [-0.2, -0.15) is 0 Å². The molecule has 1 aromatic heterocycles. The van der Waals surface area contributed by atoms with Crippen LogP contribution in [0.3, 0.4) is 0 Å². The maximum Gasteiger partial charge on any atom is 0.340 e. The molecule has 0 saturated carbocycles. The van der Waals surface area contributed by atoms with E-state index in [4.69, 9.17) is 20.8 Å². The van der Waals surface area contributed by atoms with Gasteiger partial charge in [-0.05, 0) is 49.4 Å². The van der Waals surface area contributed by atoms with Gasteiger partial charge in [0, 0.05) is 21.9 Å². The maximum atomic E-state index is 12.4. The molecule has 6 heteroatoms. The summed E-state index contributed by atoms with van der Waals surface area (Å²) < 4.78 is 10.7. The molecule has 0 radical (unpaired) electrons. The molecule has 0 bridgehead atoms. The van der Waals surface area contributed by atoms with Crippen LogP contribution in [0.1, 0.15) is 27.0 Å². The zero-order chi connectivity index (χ0) is 18.8. The van der Waals surface area contributed by atoms with Gasteiger partial charge in [-0.1, -0.05) is 23.7 Å². The Hall–Kier alpha value is -2.24. The molecule has 3 rings (SSSR count). The summed E-state index contributed by atoms with van der Waals surface area (Å²) in [5, 5.41) is 1.08. The van der Waals surface area contributed by atoms with Crippen molar-refractivity contribution < 1.29 is 13.9 Å². The second kappa shape index (κ2) is 7.56. The number of ether oxygens (including phenoxy) is 1. The van der Waals surface area contributed by atoms with Gasteiger partial charge in [-0.15, -0.1) is 11.8 Å². The fraction of sp³-hybridized carbons (Fsp3) is 0.200. The highest BCUT2D eigenvalue weighted by Crippen LogP contribution is 2.26. The fourth-order valence-corrected chi connectivity index (χ4v) is 3.29. The zero-order valence-corrected chi connectivity index (χ0v) is 16.2. The number of carbonyl (C=O) groups is 1. The minimum Gasteiger partial charge on any atom is -0.457 e. The summed E-state index contributed by atoms with van der Waals surface area (Å²) in [5.41, 5.74) is 2.87. The molecule has 0 aliphatic carbocycles. The molecule has 0 unspecified atom stereocenters. The first kappa shape index (κ1) is 18.5. The monoisotopic (exact) mass is 388 g/mol. The summed E-state index contributed by atoms with van der Waals surface area (Å²) in [6.07, 6.45) is 1.91. The van der Waals surface area contributed by atoms with E-state index in [1.807, 2.05) is 38.3 Å². The van der Waals surface area contributed by atoms with Crippen molar-refractivity contribution in [2.45, 2.75) is 25.3 Å². The number of aryl methyl sites for hydroxylation is 2. The Morgan fingerprint density at radius 1 is 1.19 bits per heavy atom. The van der Waals surface area contributed by atoms with Crippen LogP contribution in [0.5, 0.6) is 0 Å². The lowest BCUT2D eigenvalue weighted by molar-refractivity contribution is 0.0473. The summed E-state index contributed by atoms with van der Waals surface area (Å²) in [7, 11) is 0. The topological polar surface area (TPSA) is 56.5 Å². The van der Waals surface area contributed by atoms with E-state index in [2.05, 4.69) is 0 Å². The third-order valence-corrected chi connectivity index (χ3v) is 5.32. The predicted molar refractivity (Wildman–Crippen MR) is 104 cm³/mol. The maximum absolute atomic E-state index is 12.4. The number of fused-ring (bicyclic) bond motifs is 1. The summed E-state index contributed by atoms with van der Waals surface area (Å²) in [4.78, 5) is 25.2. The number of hydrogen-bond acceptors (Lipinski definition) is 5. The van der Waals surface area contributed by atoms with Gasteiger partial charge in [-0.3, -0.25) is 0 Å². The first-order valence-corrected chi connectivity index (χ1v) is 9.54. The molecule has 2 aromatic carbocycles. The molecule has 0 amide bonds. The number of hydrogen-bond donors (Lipinski definition) is 0. The third-order valence-electron chi connectivity index (χ3n) is 4.27. The predicted octanol–water partition coefficient (Wildman–Crippen LogP) is 5.14. The lowest BCUT2D eigenvalue weighted by Gasteiger charge is -2.10. The van der Waals surface area contributed by atoms with Crippen molar-refractivity contribution in [3.05, 3.63) is 74.1 Å². The van der Waals surface area contributed by atoms with Crippen molar-refractivity contribution in [1.82, 2.24) is 0 Å². The minimum absolute atomic E-state index is 0.0384. The summed E-state index contributed by atoms with van der Waals surface area (Å²) in [6.45, 7) is 3.80. The molecule has 134 valence electrons. The van der Waals surface area contributed by atoms with E-state index in [9.17, 15) is 9.59 Å². The molecule has 0 fully saturated rings. The van der Waals surface area contributed by atoms with E-state index in [0.717, 1.165) is 21.4 Å². The van der Waals surface area contributed by atoms with Crippen molar-refractivity contribution >= 4 is 40.3 Å². The van der Waals surface area contributed by atoms with Gasteiger partial charge in [0.15, 0.2) is 0 Å². The molecule has 0 atom stereocenters. The largest absolute Gasteiger partial charge is 0.457 e. The molecule has 4 nitrogen and oxygen atoms in total. The van der Waals surface area contributed by atoms with Crippen molar-refractivity contribution in [2.24, 2.45) is 0 Å². The lowest BCUT2D eigenvalue weighted by Crippen LogP contribution is -2.09. The Bertz CT molecular complexity index is 1060. The van der Waals surface area contributed by atoms with E-state index in [1.165, 1.54) is 17.8 Å². The van der Waals surface area contributed by atoms with Crippen LogP contribution in [-0.4, -0.2) is 12.2 Å². The number of halogens is 1. The minimum atomic E-state index is -0.531. The number of esters is 1. The van der Waals surface area contributed by atoms with Crippen molar-refractivity contribution in [3.8, 4) is 0 Å². The number of rotatable bonds is 4. The summed E-state index contributed by atoms with van der Waals surface area (Å²) in [5.74, 6) is -0.531. The molecule has 1 heterocycles. The average molecular weight is 389 g/mol. The smallest absolute Gasteiger partial charge is 0.340 e. The van der Waals surface area contributed by atoms with Crippen LogP contribution in [0, 0.1) is 13.8 Å². The highest BCUT2D eigenvalue weighted by atomic mass is 35.5. The normalized spacial score (nSPS) is 10.9. The van der Waals surface area contributed by atoms with E-state index in [-0.39, 0.29) is 6.61 Å². The van der Waals surface area contributed by atoms with Crippen LogP contribution >= 0.6 is 23.4 Å². The molecular weight excluding hydrogens is 372 g/mol. The number of benzene rings is 2. The second-order valence-corrected chi connectivity index (χ2v) is 7.18. The van der Waals surface area contributed by atoms with Crippen LogP contribution in [0.25, 0.3) is 11.0 Å². The zero-order valence-electron chi connectivity index (χ0n) is 14.6. The van der Waals surface area contributed by atoms with Crippen LogP contribution in [0.4, 0.5) is 0 Å². The highest BCUT2D eigenvalue weighted by molar-refractivity contribution is 7.98. The van der Waals surface area contributed by atoms with E-state index >= 15 is 0 Å². The van der Waals surface area contributed by atoms with Crippen molar-refractivity contribution in [3.63, 3.8) is 0 Å². The first-order chi connectivity index (χ1) is 12.4. The van der Waals surface area contributed by atoms with Gasteiger partial charge >= 0.3 is 11.6 Å². The molecule has 0 aliphatic heterocycles. The summed E-state index contributed by atoms with van der Waals surface area (Å²) in [6, 6.07) is 10.4. The Morgan fingerprint density at radius 2 is 1.96 bits per heavy atom. The SMILES string of the molecule is CSc1ccc(Cl)c(C(=O)OCc2cc(=O)oc3c(C)c(C)ccc23)c1. The Morgan fingerprint density at radius 3 is 2.69 bits per heavy atom. The fourth-order valence-electron chi connectivity index (χ4n) is 2.65. The second-order valence-electron chi connectivity index (χ2n) is 5.90.